The Morgan fingerprint density at radius 1 is 1.64 bits per heavy atom. The number of nitrogens with zero attached hydrogens (tertiary/aromatic N) is 2. The van der Waals surface area contributed by atoms with Crippen LogP contribution in [0.3, 0.4) is 0 Å². The Labute approximate surface area is 72.4 Å². The Bertz CT molecular complexity index is 240. The van der Waals surface area contributed by atoms with Crippen molar-refractivity contribution in [3.63, 3.8) is 0 Å². The Morgan fingerprint density at radius 3 is 3.00 bits per heavy atom. The first kappa shape index (κ1) is 8.40. The number of aryl methyl sites for hydroxylation is 1. The third-order valence-corrected chi connectivity index (χ3v) is 1.71. The molecular weight excluding hydrogens is 156 g/mol. The summed E-state index contributed by atoms with van der Waals surface area (Å²) in [5.41, 5.74) is 0. The molecule has 0 aliphatic rings. The fourth-order valence-electron chi connectivity index (χ4n) is 0.859. The largest absolute Gasteiger partial charge is 0.331 e. The summed E-state index contributed by atoms with van der Waals surface area (Å²) in [6.07, 6.45) is 7.90. The second-order valence-electron chi connectivity index (χ2n) is 2.28. The van der Waals surface area contributed by atoms with Gasteiger partial charge in [0, 0.05) is 24.7 Å². The molecule has 0 saturated carbocycles. The summed E-state index contributed by atoms with van der Waals surface area (Å²) in [6.45, 7) is 2.89. The van der Waals surface area contributed by atoms with Crippen molar-refractivity contribution in [3.05, 3.63) is 30.4 Å². The monoisotopic (exact) mass is 168 g/mol. The summed E-state index contributed by atoms with van der Waals surface area (Å²) < 4.78 is 2.08. The van der Waals surface area contributed by atoms with Crippen LogP contribution in [0.1, 0.15) is 5.82 Å². The molecule has 1 aromatic heterocycles. The minimum Gasteiger partial charge on any atom is -0.331 e. The maximum absolute atomic E-state index is 4.11. The number of aromatic nitrogens is 2. The molecule has 60 valence electrons. The van der Waals surface area contributed by atoms with Crippen molar-refractivity contribution in [3.8, 4) is 0 Å². The van der Waals surface area contributed by atoms with Crippen LogP contribution < -0.4 is 0 Å². The van der Waals surface area contributed by atoms with Gasteiger partial charge in [-0.15, -0.1) is 0 Å². The van der Waals surface area contributed by atoms with E-state index in [4.69, 9.17) is 0 Å². The van der Waals surface area contributed by atoms with Crippen molar-refractivity contribution in [2.45, 2.75) is 13.5 Å². The number of allylic oxidation sites excluding steroid dienone is 1. The zero-order valence-corrected chi connectivity index (χ0v) is 7.46. The fourth-order valence-corrected chi connectivity index (χ4v) is 1.01. The van der Waals surface area contributed by atoms with E-state index >= 15 is 0 Å². The quantitative estimate of drug-likeness (QED) is 0.537. The third kappa shape index (κ3) is 2.42. The van der Waals surface area contributed by atoms with Crippen LogP contribution in [0, 0.1) is 6.92 Å². The normalized spacial score (nSPS) is 11.1. The zero-order valence-electron chi connectivity index (χ0n) is 6.57. The molecule has 0 spiro atoms. The van der Waals surface area contributed by atoms with E-state index in [1.54, 1.807) is 0 Å². The number of rotatable bonds is 3. The number of hydrogen-bond acceptors (Lipinski definition) is 2. The van der Waals surface area contributed by atoms with Crippen LogP contribution in [0.5, 0.6) is 0 Å². The van der Waals surface area contributed by atoms with Crippen LogP contribution >= 0.6 is 12.6 Å². The maximum atomic E-state index is 4.11. The first-order valence-electron chi connectivity index (χ1n) is 3.58. The molecule has 0 fully saturated rings. The summed E-state index contributed by atoms with van der Waals surface area (Å²) in [5.74, 6) is 1.85. The minimum atomic E-state index is 0.799. The van der Waals surface area contributed by atoms with Crippen LogP contribution in [0.25, 0.3) is 0 Å². The topological polar surface area (TPSA) is 17.8 Å². The van der Waals surface area contributed by atoms with Crippen molar-refractivity contribution in [1.29, 1.82) is 0 Å². The lowest BCUT2D eigenvalue weighted by molar-refractivity contribution is 0.780. The van der Waals surface area contributed by atoms with Gasteiger partial charge < -0.3 is 4.57 Å². The van der Waals surface area contributed by atoms with Gasteiger partial charge in [0.2, 0.25) is 0 Å². The first-order valence-corrected chi connectivity index (χ1v) is 4.21. The second kappa shape index (κ2) is 4.23. The molecule has 11 heavy (non-hydrogen) atoms. The summed E-state index contributed by atoms with van der Waals surface area (Å²) in [7, 11) is 0. The van der Waals surface area contributed by atoms with E-state index in [2.05, 4.69) is 28.3 Å². The van der Waals surface area contributed by atoms with Crippen molar-refractivity contribution >= 4 is 12.6 Å². The highest BCUT2D eigenvalue weighted by molar-refractivity contribution is 7.80. The number of imidazole rings is 1. The lowest BCUT2D eigenvalue weighted by Crippen LogP contribution is -1.95. The van der Waals surface area contributed by atoms with Crippen LogP contribution in [0.15, 0.2) is 24.5 Å². The van der Waals surface area contributed by atoms with Gasteiger partial charge in [0.1, 0.15) is 5.82 Å². The molecule has 0 aliphatic heterocycles. The minimum absolute atomic E-state index is 0.799. The zero-order chi connectivity index (χ0) is 8.10. The van der Waals surface area contributed by atoms with Gasteiger partial charge in [0.25, 0.3) is 0 Å². The Kier molecular flexibility index (Phi) is 3.23. The molecule has 0 radical (unpaired) electrons. The van der Waals surface area contributed by atoms with E-state index in [9.17, 15) is 0 Å². The molecule has 0 saturated heterocycles. The molecule has 0 aromatic carbocycles. The van der Waals surface area contributed by atoms with E-state index in [0.29, 0.717) is 0 Å². The first-order chi connectivity index (χ1) is 5.34. The number of thiol groups is 1. The smallest absolute Gasteiger partial charge is 0.105 e. The van der Waals surface area contributed by atoms with Gasteiger partial charge in [-0.25, -0.2) is 4.98 Å². The van der Waals surface area contributed by atoms with Crippen molar-refractivity contribution < 1.29 is 0 Å². The van der Waals surface area contributed by atoms with Gasteiger partial charge in [-0.05, 0) is 6.92 Å². The van der Waals surface area contributed by atoms with Crippen molar-refractivity contribution in [2.75, 3.05) is 5.75 Å². The molecule has 1 heterocycles. The fraction of sp³-hybridized carbons (Fsp3) is 0.375. The van der Waals surface area contributed by atoms with E-state index in [1.165, 1.54) is 0 Å². The second-order valence-corrected chi connectivity index (χ2v) is 2.65. The van der Waals surface area contributed by atoms with Gasteiger partial charge in [-0.2, -0.15) is 12.6 Å². The van der Waals surface area contributed by atoms with E-state index in [-0.39, 0.29) is 0 Å². The van der Waals surface area contributed by atoms with Crippen molar-refractivity contribution in [2.24, 2.45) is 0 Å². The molecule has 0 bridgehead atoms. The standard InChI is InChI=1S/C8H12N2S/c1-8-9-4-6-10(8)5-2-3-7-11/h2-4,6,11H,5,7H2,1H3. The molecule has 0 atom stereocenters. The Morgan fingerprint density at radius 2 is 2.45 bits per heavy atom. The third-order valence-electron chi connectivity index (χ3n) is 1.50. The molecule has 0 aliphatic carbocycles. The van der Waals surface area contributed by atoms with Gasteiger partial charge >= 0.3 is 0 Å². The average Bonchev–Trinajstić information content (AvgIpc) is 2.37. The van der Waals surface area contributed by atoms with Crippen LogP contribution in [0.4, 0.5) is 0 Å². The highest BCUT2D eigenvalue weighted by atomic mass is 32.1. The van der Waals surface area contributed by atoms with Gasteiger partial charge in [0.05, 0.1) is 0 Å². The van der Waals surface area contributed by atoms with E-state index < -0.39 is 0 Å². The molecule has 3 heteroatoms. The predicted molar refractivity (Wildman–Crippen MR) is 50.0 cm³/mol. The highest BCUT2D eigenvalue weighted by Crippen LogP contribution is 1.94. The van der Waals surface area contributed by atoms with Crippen LogP contribution in [0.2, 0.25) is 0 Å². The number of hydrogen-bond donors (Lipinski definition) is 1. The van der Waals surface area contributed by atoms with Crippen LogP contribution in [-0.4, -0.2) is 15.3 Å². The lowest BCUT2D eigenvalue weighted by atomic mass is 10.5. The summed E-state index contributed by atoms with van der Waals surface area (Å²) in [6, 6.07) is 0. The Balaban J connectivity index is 2.50. The van der Waals surface area contributed by atoms with E-state index in [0.717, 1.165) is 18.1 Å². The summed E-state index contributed by atoms with van der Waals surface area (Å²) in [5, 5.41) is 0. The van der Waals surface area contributed by atoms with Gasteiger partial charge in [0.15, 0.2) is 0 Å². The molecule has 1 rings (SSSR count). The predicted octanol–water partition coefficient (Wildman–Crippen LogP) is 1.68. The Hall–Kier alpha value is -0.700. The molecular formula is C8H12N2S. The SMILES string of the molecule is Cc1nccn1CC=CCS. The summed E-state index contributed by atoms with van der Waals surface area (Å²) >= 11 is 4.07. The molecule has 1 aromatic rings. The highest BCUT2D eigenvalue weighted by Gasteiger charge is 1.90. The average molecular weight is 168 g/mol. The van der Waals surface area contributed by atoms with Crippen LogP contribution in [-0.2, 0) is 6.54 Å². The molecule has 0 unspecified atom stereocenters. The van der Waals surface area contributed by atoms with Gasteiger partial charge in [-0.1, -0.05) is 12.2 Å². The lowest BCUT2D eigenvalue weighted by Gasteiger charge is -1.97. The maximum Gasteiger partial charge on any atom is 0.105 e. The van der Waals surface area contributed by atoms with Crippen molar-refractivity contribution in [1.82, 2.24) is 9.55 Å². The van der Waals surface area contributed by atoms with Gasteiger partial charge in [-0.3, -0.25) is 0 Å². The molecule has 0 N–H and O–H groups in total. The molecule has 2 nitrogen and oxygen atoms in total. The van der Waals surface area contributed by atoms with E-state index in [1.807, 2.05) is 25.4 Å². The summed E-state index contributed by atoms with van der Waals surface area (Å²) in [4.78, 5) is 4.11. The molecule has 0 amide bonds.